The number of unbranched alkanes of at least 4 members (excludes halogenated alkanes) is 4. The largest absolute Gasteiger partial charge is 0.0713 e. The minimum atomic E-state index is -0.879. The van der Waals surface area contributed by atoms with Crippen LogP contribution in [0, 0.1) is 0 Å². The van der Waals surface area contributed by atoms with Crippen LogP contribution >= 0.6 is 0 Å². The second-order valence-electron chi connectivity index (χ2n) is 6.68. The zero-order valence-corrected chi connectivity index (χ0v) is 14.7. The van der Waals surface area contributed by atoms with Crippen LogP contribution in [0.2, 0.25) is 38.3 Å². The van der Waals surface area contributed by atoms with E-state index >= 15 is 0 Å². The molecule has 2 heteroatoms. The molecule has 0 aromatic carbocycles. The van der Waals surface area contributed by atoms with E-state index in [1.807, 2.05) is 0 Å². The monoisotopic (exact) mass is 258 g/mol. The second-order valence-corrected chi connectivity index (χ2v) is 23.3. The second kappa shape index (κ2) is 7.70. The van der Waals surface area contributed by atoms with E-state index in [1.165, 1.54) is 38.5 Å². The molecule has 0 nitrogen and oxygen atoms in total. The van der Waals surface area contributed by atoms with Gasteiger partial charge in [-0.15, -0.1) is 0 Å². The molecule has 16 heavy (non-hydrogen) atoms. The number of hydrogen-bond donors (Lipinski definition) is 0. The third kappa shape index (κ3) is 5.67. The molecule has 0 saturated heterocycles. The smallest absolute Gasteiger partial charge is 0.0412 e. The Morgan fingerprint density at radius 1 is 0.562 bits per heavy atom. The van der Waals surface area contributed by atoms with E-state index in [0.717, 1.165) is 0 Å². The molecule has 98 valence electrons. The van der Waals surface area contributed by atoms with Crippen molar-refractivity contribution in [3.8, 4) is 0 Å². The standard InChI is InChI=1S/C14H34Si2/c1-7-9-11-12-14-16(5,6)15(3,4)13-10-8-2/h7-14H2,1-6H3. The lowest BCUT2D eigenvalue weighted by Crippen LogP contribution is -2.54. The molecule has 0 radical (unpaired) electrons. The molecule has 0 N–H and O–H groups in total. The Bertz CT molecular complexity index is 174. The molecule has 0 aliphatic heterocycles. The molecule has 0 rings (SSSR count). The Morgan fingerprint density at radius 3 is 1.44 bits per heavy atom. The Morgan fingerprint density at radius 2 is 1.00 bits per heavy atom. The van der Waals surface area contributed by atoms with Crippen molar-refractivity contribution in [3.63, 3.8) is 0 Å². The van der Waals surface area contributed by atoms with Gasteiger partial charge in [0.25, 0.3) is 0 Å². The molecular weight excluding hydrogens is 224 g/mol. The van der Waals surface area contributed by atoms with Gasteiger partial charge in [-0.1, -0.05) is 90.6 Å². The van der Waals surface area contributed by atoms with E-state index < -0.39 is 15.2 Å². The van der Waals surface area contributed by atoms with Gasteiger partial charge in [-0.25, -0.2) is 0 Å². The van der Waals surface area contributed by atoms with Gasteiger partial charge < -0.3 is 0 Å². The minimum absolute atomic E-state index is 0.873. The summed E-state index contributed by atoms with van der Waals surface area (Å²) in [4.78, 5) is 0. The fraction of sp³-hybridized carbons (Fsp3) is 1.00. The van der Waals surface area contributed by atoms with Crippen LogP contribution in [0.15, 0.2) is 0 Å². The topological polar surface area (TPSA) is 0 Å². The molecular formula is C14H34Si2. The van der Waals surface area contributed by atoms with Gasteiger partial charge in [0.15, 0.2) is 0 Å². The Labute approximate surface area is 106 Å². The summed E-state index contributed by atoms with van der Waals surface area (Å²) in [5.41, 5.74) is 0. The van der Waals surface area contributed by atoms with Crippen LogP contribution in [0.25, 0.3) is 0 Å². The molecule has 0 aromatic rings. The van der Waals surface area contributed by atoms with Crippen LogP contribution in [0.5, 0.6) is 0 Å². The minimum Gasteiger partial charge on any atom is -0.0713 e. The lowest BCUT2D eigenvalue weighted by molar-refractivity contribution is 0.697. The summed E-state index contributed by atoms with van der Waals surface area (Å²) < 4.78 is 0. The molecule has 0 heterocycles. The zero-order chi connectivity index (χ0) is 12.7. The van der Waals surface area contributed by atoms with Gasteiger partial charge in [0, 0.05) is 15.2 Å². The van der Waals surface area contributed by atoms with Gasteiger partial charge in [0.1, 0.15) is 0 Å². The maximum Gasteiger partial charge on any atom is 0.0412 e. The molecule has 0 unspecified atom stereocenters. The van der Waals surface area contributed by atoms with E-state index in [-0.39, 0.29) is 0 Å². The number of rotatable bonds is 9. The van der Waals surface area contributed by atoms with E-state index in [9.17, 15) is 0 Å². The van der Waals surface area contributed by atoms with Gasteiger partial charge >= 0.3 is 0 Å². The molecule has 0 aliphatic rings. The van der Waals surface area contributed by atoms with Crippen LogP contribution in [0.4, 0.5) is 0 Å². The highest BCUT2D eigenvalue weighted by molar-refractivity contribution is 7.40. The molecule has 0 aromatic heterocycles. The average Bonchev–Trinajstić information content (AvgIpc) is 2.21. The summed E-state index contributed by atoms with van der Waals surface area (Å²) in [6.45, 7) is 15.3. The molecule has 0 fully saturated rings. The van der Waals surface area contributed by atoms with Gasteiger partial charge in [-0.05, 0) is 0 Å². The first kappa shape index (κ1) is 16.4. The molecule has 0 atom stereocenters. The van der Waals surface area contributed by atoms with Crippen molar-refractivity contribution < 1.29 is 0 Å². The summed E-state index contributed by atoms with van der Waals surface area (Å²) >= 11 is 0. The van der Waals surface area contributed by atoms with E-state index in [2.05, 4.69) is 40.0 Å². The van der Waals surface area contributed by atoms with Crippen LogP contribution in [-0.2, 0) is 0 Å². The first-order valence-corrected chi connectivity index (χ1v) is 14.8. The Hall–Kier alpha value is 0.434. The zero-order valence-electron chi connectivity index (χ0n) is 12.7. The highest BCUT2D eigenvalue weighted by atomic mass is 29.3. The van der Waals surface area contributed by atoms with Gasteiger partial charge in [0.2, 0.25) is 0 Å². The third-order valence-electron chi connectivity index (χ3n) is 4.64. The predicted octanol–water partition coefficient (Wildman–Crippen LogP) is 5.86. The summed E-state index contributed by atoms with van der Waals surface area (Å²) in [7, 11) is -1.75. The normalized spacial score (nSPS) is 13.1. The van der Waals surface area contributed by atoms with Crippen LogP contribution in [-0.4, -0.2) is 15.2 Å². The van der Waals surface area contributed by atoms with E-state index in [1.54, 1.807) is 12.1 Å². The fourth-order valence-corrected chi connectivity index (χ4v) is 11.1. The van der Waals surface area contributed by atoms with Gasteiger partial charge in [-0.2, -0.15) is 0 Å². The van der Waals surface area contributed by atoms with Gasteiger partial charge in [-0.3, -0.25) is 0 Å². The molecule has 0 saturated carbocycles. The Balaban J connectivity index is 4.06. The highest BCUT2D eigenvalue weighted by Crippen LogP contribution is 2.30. The fourth-order valence-electron chi connectivity index (χ4n) is 2.29. The van der Waals surface area contributed by atoms with Crippen molar-refractivity contribution in [2.45, 2.75) is 90.6 Å². The van der Waals surface area contributed by atoms with Crippen molar-refractivity contribution in [1.29, 1.82) is 0 Å². The average molecular weight is 259 g/mol. The highest BCUT2D eigenvalue weighted by Gasteiger charge is 2.38. The first-order valence-electron chi connectivity index (χ1n) is 7.37. The van der Waals surface area contributed by atoms with Crippen molar-refractivity contribution in [1.82, 2.24) is 0 Å². The maximum atomic E-state index is 2.67. The van der Waals surface area contributed by atoms with Crippen LogP contribution in [0.1, 0.15) is 52.4 Å². The van der Waals surface area contributed by atoms with Crippen LogP contribution < -0.4 is 0 Å². The molecule has 0 aliphatic carbocycles. The lowest BCUT2D eigenvalue weighted by atomic mass is 10.2. The third-order valence-corrected chi connectivity index (χ3v) is 24.0. The molecule has 0 amide bonds. The number of hydrogen-bond acceptors (Lipinski definition) is 0. The molecule has 0 spiro atoms. The van der Waals surface area contributed by atoms with Crippen LogP contribution in [0.3, 0.4) is 0 Å². The van der Waals surface area contributed by atoms with Crippen molar-refractivity contribution >= 4 is 15.2 Å². The van der Waals surface area contributed by atoms with Crippen molar-refractivity contribution in [2.75, 3.05) is 0 Å². The first-order chi connectivity index (χ1) is 7.37. The SMILES string of the molecule is CCCCCC[Si](C)(C)[Si](C)(C)CCCC. The Kier molecular flexibility index (Phi) is 7.91. The van der Waals surface area contributed by atoms with Gasteiger partial charge in [0.05, 0.1) is 0 Å². The summed E-state index contributed by atoms with van der Waals surface area (Å²) in [6.07, 6.45) is 8.67. The van der Waals surface area contributed by atoms with E-state index in [0.29, 0.717) is 0 Å². The van der Waals surface area contributed by atoms with E-state index in [4.69, 9.17) is 0 Å². The summed E-state index contributed by atoms with van der Waals surface area (Å²) in [5.74, 6) is 0. The molecule has 0 bridgehead atoms. The van der Waals surface area contributed by atoms with Crippen molar-refractivity contribution in [3.05, 3.63) is 0 Å². The van der Waals surface area contributed by atoms with Crippen molar-refractivity contribution in [2.24, 2.45) is 0 Å². The predicted molar refractivity (Wildman–Crippen MR) is 83.6 cm³/mol. The lowest BCUT2D eigenvalue weighted by Gasteiger charge is -2.39. The summed E-state index contributed by atoms with van der Waals surface area (Å²) in [5, 5.41) is 0. The maximum absolute atomic E-state index is 2.67. The summed E-state index contributed by atoms with van der Waals surface area (Å²) in [6, 6.07) is 3.17. The quantitative estimate of drug-likeness (QED) is 0.359.